The number of rotatable bonds is 8. The molecule has 0 fully saturated rings. The van der Waals surface area contributed by atoms with Gasteiger partial charge in [0.15, 0.2) is 0 Å². The Morgan fingerprint density at radius 2 is 1.43 bits per heavy atom. The SMILES string of the molecule is CN(C)c1ccc(-c2ccc(CN(C(=O)c3ccc(F)cc3)c3cccc(C=CC(=O)O)c3)cc2)cc1. The molecule has 0 aliphatic carbocycles. The molecule has 37 heavy (non-hydrogen) atoms. The maximum absolute atomic E-state index is 13.5. The number of aliphatic carboxylic acids is 1. The molecule has 6 heteroatoms. The number of carbonyl (C=O) groups excluding carboxylic acids is 1. The first kappa shape index (κ1) is 25.4. The molecule has 0 saturated heterocycles. The molecular formula is C31H27FN2O3. The molecule has 0 atom stereocenters. The molecular weight excluding hydrogens is 467 g/mol. The summed E-state index contributed by atoms with van der Waals surface area (Å²) in [5, 5.41) is 8.97. The molecule has 186 valence electrons. The van der Waals surface area contributed by atoms with Crippen molar-refractivity contribution in [3.63, 3.8) is 0 Å². The van der Waals surface area contributed by atoms with Gasteiger partial charge in [0.1, 0.15) is 5.82 Å². The first-order chi connectivity index (χ1) is 17.8. The summed E-state index contributed by atoms with van der Waals surface area (Å²) in [5.41, 5.74) is 5.79. The van der Waals surface area contributed by atoms with Crippen molar-refractivity contribution in [3.8, 4) is 11.1 Å². The Balaban J connectivity index is 1.63. The lowest BCUT2D eigenvalue weighted by molar-refractivity contribution is -0.131. The number of halogens is 1. The van der Waals surface area contributed by atoms with Crippen molar-refractivity contribution < 1.29 is 19.1 Å². The van der Waals surface area contributed by atoms with E-state index in [2.05, 4.69) is 24.3 Å². The van der Waals surface area contributed by atoms with E-state index in [-0.39, 0.29) is 12.5 Å². The summed E-state index contributed by atoms with van der Waals surface area (Å²) >= 11 is 0. The number of carboxylic acids is 1. The Morgan fingerprint density at radius 3 is 2.03 bits per heavy atom. The fraction of sp³-hybridized carbons (Fsp3) is 0.0968. The van der Waals surface area contributed by atoms with E-state index in [4.69, 9.17) is 5.11 Å². The Morgan fingerprint density at radius 1 is 0.811 bits per heavy atom. The zero-order valence-electron chi connectivity index (χ0n) is 20.6. The van der Waals surface area contributed by atoms with E-state index in [0.717, 1.165) is 28.5 Å². The minimum atomic E-state index is -1.05. The molecule has 5 nitrogen and oxygen atoms in total. The van der Waals surface area contributed by atoms with Gasteiger partial charge in [0, 0.05) is 37.1 Å². The summed E-state index contributed by atoms with van der Waals surface area (Å²) in [6.07, 6.45) is 2.53. The van der Waals surface area contributed by atoms with Crippen LogP contribution in [0.1, 0.15) is 21.5 Å². The van der Waals surface area contributed by atoms with Crippen LogP contribution < -0.4 is 9.80 Å². The van der Waals surface area contributed by atoms with Gasteiger partial charge >= 0.3 is 5.97 Å². The average molecular weight is 495 g/mol. The van der Waals surface area contributed by atoms with Crippen LogP contribution in [-0.4, -0.2) is 31.1 Å². The van der Waals surface area contributed by atoms with Crippen LogP contribution in [0.5, 0.6) is 0 Å². The van der Waals surface area contributed by atoms with Crippen LogP contribution in [0, 0.1) is 5.82 Å². The molecule has 1 amide bonds. The molecule has 4 aromatic carbocycles. The Labute approximate surface area is 215 Å². The fourth-order valence-electron chi connectivity index (χ4n) is 3.93. The molecule has 0 aromatic heterocycles. The van der Waals surface area contributed by atoms with Gasteiger partial charge in [-0.2, -0.15) is 0 Å². The Bertz CT molecular complexity index is 1410. The summed E-state index contributed by atoms with van der Waals surface area (Å²) in [7, 11) is 4.00. The highest BCUT2D eigenvalue weighted by Gasteiger charge is 2.19. The minimum Gasteiger partial charge on any atom is -0.478 e. The van der Waals surface area contributed by atoms with Crippen LogP contribution in [-0.2, 0) is 11.3 Å². The number of nitrogens with zero attached hydrogens (tertiary/aromatic N) is 2. The lowest BCUT2D eigenvalue weighted by atomic mass is 10.0. The second kappa shape index (κ2) is 11.4. The topological polar surface area (TPSA) is 60.9 Å². The lowest BCUT2D eigenvalue weighted by Gasteiger charge is -2.24. The van der Waals surface area contributed by atoms with Crippen LogP contribution in [0.15, 0.2) is 103 Å². The molecule has 0 unspecified atom stereocenters. The van der Waals surface area contributed by atoms with Crippen LogP contribution in [0.3, 0.4) is 0 Å². The number of anilines is 2. The molecule has 0 bridgehead atoms. The quantitative estimate of drug-likeness (QED) is 0.284. The van der Waals surface area contributed by atoms with Crippen molar-refractivity contribution in [3.05, 3.63) is 126 Å². The predicted octanol–water partition coefficient (Wildman–Crippen LogP) is 6.50. The molecule has 4 aromatic rings. The first-order valence-corrected chi connectivity index (χ1v) is 11.8. The van der Waals surface area contributed by atoms with E-state index >= 15 is 0 Å². The Hall–Kier alpha value is -4.71. The minimum absolute atomic E-state index is 0.280. The molecule has 1 N–H and O–H groups in total. The summed E-state index contributed by atoms with van der Waals surface area (Å²) in [6, 6.07) is 28.8. The number of carboxylic acid groups (broad SMARTS) is 1. The van der Waals surface area contributed by atoms with E-state index < -0.39 is 11.8 Å². The third-order valence-corrected chi connectivity index (χ3v) is 5.95. The average Bonchev–Trinajstić information content (AvgIpc) is 2.91. The number of carbonyl (C=O) groups is 2. The molecule has 0 aliphatic heterocycles. The van der Waals surface area contributed by atoms with E-state index in [1.54, 1.807) is 29.2 Å². The maximum atomic E-state index is 13.5. The third-order valence-electron chi connectivity index (χ3n) is 5.95. The molecule has 0 heterocycles. The highest BCUT2D eigenvalue weighted by Crippen LogP contribution is 2.26. The van der Waals surface area contributed by atoms with Gasteiger partial charge in [-0.1, -0.05) is 48.5 Å². The number of hydrogen-bond donors (Lipinski definition) is 1. The van der Waals surface area contributed by atoms with Gasteiger partial charge in [-0.05, 0) is 76.9 Å². The predicted molar refractivity (Wildman–Crippen MR) is 146 cm³/mol. The van der Waals surface area contributed by atoms with Crippen molar-refractivity contribution in [2.75, 3.05) is 23.9 Å². The fourth-order valence-corrected chi connectivity index (χ4v) is 3.93. The maximum Gasteiger partial charge on any atom is 0.328 e. The van der Waals surface area contributed by atoms with Crippen LogP contribution >= 0.6 is 0 Å². The number of hydrogen-bond acceptors (Lipinski definition) is 3. The van der Waals surface area contributed by atoms with Gasteiger partial charge in [-0.3, -0.25) is 4.79 Å². The second-order valence-corrected chi connectivity index (χ2v) is 8.80. The van der Waals surface area contributed by atoms with Crippen molar-refractivity contribution in [1.82, 2.24) is 0 Å². The highest BCUT2D eigenvalue weighted by molar-refractivity contribution is 6.06. The van der Waals surface area contributed by atoms with Gasteiger partial charge in [-0.25, -0.2) is 9.18 Å². The summed E-state index contributed by atoms with van der Waals surface area (Å²) in [4.78, 5) is 28.1. The van der Waals surface area contributed by atoms with Gasteiger partial charge in [-0.15, -0.1) is 0 Å². The van der Waals surface area contributed by atoms with Gasteiger partial charge in [0.2, 0.25) is 0 Å². The van der Waals surface area contributed by atoms with Crippen LogP contribution in [0.25, 0.3) is 17.2 Å². The van der Waals surface area contributed by atoms with Gasteiger partial charge in [0.25, 0.3) is 5.91 Å². The number of benzene rings is 4. The van der Waals surface area contributed by atoms with Gasteiger partial charge in [0.05, 0.1) is 6.54 Å². The van der Waals surface area contributed by atoms with Gasteiger partial charge < -0.3 is 14.9 Å². The zero-order chi connectivity index (χ0) is 26.4. The van der Waals surface area contributed by atoms with E-state index in [1.165, 1.54) is 30.3 Å². The smallest absolute Gasteiger partial charge is 0.328 e. The largest absolute Gasteiger partial charge is 0.478 e. The van der Waals surface area contributed by atoms with E-state index in [9.17, 15) is 14.0 Å². The number of amides is 1. The first-order valence-electron chi connectivity index (χ1n) is 11.8. The Kier molecular flexibility index (Phi) is 7.79. The molecule has 0 radical (unpaired) electrons. The standard InChI is InChI=1S/C31H27FN2O3/c1-33(2)28-17-13-25(14-18-28)24-9-6-23(7-10-24)21-34(31(37)26-11-15-27(32)16-12-26)29-5-3-4-22(20-29)8-19-30(35)36/h3-20H,21H2,1-2H3,(H,35,36). The molecule has 0 aliphatic rings. The zero-order valence-corrected chi connectivity index (χ0v) is 20.6. The highest BCUT2D eigenvalue weighted by atomic mass is 19.1. The second-order valence-electron chi connectivity index (χ2n) is 8.80. The summed E-state index contributed by atoms with van der Waals surface area (Å²) < 4.78 is 13.5. The monoisotopic (exact) mass is 494 g/mol. The summed E-state index contributed by atoms with van der Waals surface area (Å²) in [5.74, 6) is -1.76. The van der Waals surface area contributed by atoms with Crippen LogP contribution in [0.4, 0.5) is 15.8 Å². The van der Waals surface area contributed by atoms with Crippen molar-refractivity contribution >= 4 is 29.3 Å². The van der Waals surface area contributed by atoms with E-state index in [1.807, 2.05) is 43.3 Å². The van der Waals surface area contributed by atoms with Crippen molar-refractivity contribution in [2.45, 2.75) is 6.54 Å². The van der Waals surface area contributed by atoms with Crippen LogP contribution in [0.2, 0.25) is 0 Å². The van der Waals surface area contributed by atoms with E-state index in [0.29, 0.717) is 16.8 Å². The molecule has 4 rings (SSSR count). The molecule has 0 saturated carbocycles. The van der Waals surface area contributed by atoms with Crippen molar-refractivity contribution in [2.24, 2.45) is 0 Å². The third kappa shape index (κ3) is 6.49. The lowest BCUT2D eigenvalue weighted by Crippen LogP contribution is -2.30. The summed E-state index contributed by atoms with van der Waals surface area (Å²) in [6.45, 7) is 0.280. The van der Waals surface area contributed by atoms with Crippen molar-refractivity contribution in [1.29, 1.82) is 0 Å². The molecule has 0 spiro atoms. The normalized spacial score (nSPS) is 10.9.